The van der Waals surface area contributed by atoms with Gasteiger partial charge in [0.15, 0.2) is 11.5 Å². The summed E-state index contributed by atoms with van der Waals surface area (Å²) in [4.78, 5) is 12.4. The molecule has 0 saturated carbocycles. The van der Waals surface area contributed by atoms with Gasteiger partial charge in [-0.25, -0.2) is 0 Å². The Hall–Kier alpha value is -3.47. The summed E-state index contributed by atoms with van der Waals surface area (Å²) >= 11 is 0. The van der Waals surface area contributed by atoms with Crippen LogP contribution in [-0.4, -0.2) is 18.6 Å². The molecule has 0 radical (unpaired) electrons. The number of rotatable bonds is 6. The number of carbonyl (C=O) groups excluding carboxylic acids is 1. The smallest absolute Gasteiger partial charge is 0.264 e. The zero-order valence-corrected chi connectivity index (χ0v) is 15.3. The van der Waals surface area contributed by atoms with E-state index in [1.54, 1.807) is 6.07 Å². The average molecular weight is 375 g/mol. The highest BCUT2D eigenvalue weighted by Gasteiger charge is 2.26. The second-order valence-corrected chi connectivity index (χ2v) is 6.50. The van der Waals surface area contributed by atoms with Gasteiger partial charge >= 0.3 is 0 Å². The summed E-state index contributed by atoms with van der Waals surface area (Å²) in [7, 11) is 0. The molecule has 28 heavy (non-hydrogen) atoms. The van der Waals surface area contributed by atoms with Gasteiger partial charge in [-0.2, -0.15) is 0 Å². The van der Waals surface area contributed by atoms with Crippen molar-refractivity contribution in [3.05, 3.63) is 90.0 Å². The summed E-state index contributed by atoms with van der Waals surface area (Å²) in [5.41, 5.74) is 2.04. The number of benzene rings is 3. The van der Waals surface area contributed by atoms with Crippen LogP contribution in [0.4, 0.5) is 0 Å². The van der Waals surface area contributed by atoms with E-state index in [9.17, 15) is 4.79 Å². The van der Waals surface area contributed by atoms with E-state index in [1.165, 1.54) is 0 Å². The zero-order chi connectivity index (χ0) is 19.2. The third kappa shape index (κ3) is 4.43. The lowest BCUT2D eigenvalue weighted by atomic mass is 10.1. The highest BCUT2D eigenvalue weighted by molar-refractivity contribution is 5.81. The molecule has 1 heterocycles. The minimum absolute atomic E-state index is 0.194. The van der Waals surface area contributed by atoms with Crippen LogP contribution in [0, 0.1) is 0 Å². The Kier molecular flexibility index (Phi) is 5.43. The van der Waals surface area contributed by atoms with Crippen LogP contribution in [0.1, 0.15) is 11.1 Å². The van der Waals surface area contributed by atoms with Gasteiger partial charge in [0.2, 0.25) is 6.10 Å². The fraction of sp³-hybridized carbons (Fsp3) is 0.174. The molecule has 1 amide bonds. The predicted octanol–water partition coefficient (Wildman–Crippen LogP) is 3.72. The second kappa shape index (κ2) is 8.48. The SMILES string of the molecule is O=C(NCc1cccc(COc2ccccc2)c1)C1COc2ccccc2O1. The molecular weight excluding hydrogens is 354 g/mol. The summed E-state index contributed by atoms with van der Waals surface area (Å²) in [5, 5.41) is 2.92. The summed E-state index contributed by atoms with van der Waals surface area (Å²) in [6.45, 7) is 1.09. The summed E-state index contributed by atoms with van der Waals surface area (Å²) in [6.07, 6.45) is -0.653. The van der Waals surface area contributed by atoms with E-state index < -0.39 is 6.10 Å². The van der Waals surface area contributed by atoms with Crippen molar-refractivity contribution in [3.63, 3.8) is 0 Å². The van der Waals surface area contributed by atoms with E-state index in [1.807, 2.05) is 72.8 Å². The maximum Gasteiger partial charge on any atom is 0.264 e. The molecule has 5 nitrogen and oxygen atoms in total. The van der Waals surface area contributed by atoms with Gasteiger partial charge in [0.1, 0.15) is 19.0 Å². The maximum atomic E-state index is 12.4. The van der Waals surface area contributed by atoms with Gasteiger partial charge in [-0.1, -0.05) is 54.6 Å². The standard InChI is InChI=1S/C23H21NO4/c25-23(22-16-27-20-11-4-5-12-21(20)28-22)24-14-17-7-6-8-18(13-17)15-26-19-9-2-1-3-10-19/h1-13,22H,14-16H2,(H,24,25). The molecule has 4 rings (SSSR count). The van der Waals surface area contributed by atoms with E-state index in [0.29, 0.717) is 24.7 Å². The molecule has 3 aromatic rings. The third-order valence-electron chi connectivity index (χ3n) is 4.41. The molecule has 0 aromatic heterocycles. The number of nitrogens with one attached hydrogen (secondary N) is 1. The highest BCUT2D eigenvalue weighted by Crippen LogP contribution is 2.30. The van der Waals surface area contributed by atoms with Crippen LogP contribution in [-0.2, 0) is 17.9 Å². The molecule has 1 aliphatic rings. The molecule has 0 fully saturated rings. The number of para-hydroxylation sites is 3. The Morgan fingerprint density at radius 2 is 1.68 bits per heavy atom. The molecule has 1 N–H and O–H groups in total. The van der Waals surface area contributed by atoms with Gasteiger partial charge in [0, 0.05) is 6.54 Å². The van der Waals surface area contributed by atoms with Crippen molar-refractivity contribution in [3.8, 4) is 17.2 Å². The van der Waals surface area contributed by atoms with Crippen LogP contribution < -0.4 is 19.5 Å². The van der Waals surface area contributed by atoms with E-state index in [2.05, 4.69) is 5.32 Å². The van der Waals surface area contributed by atoms with E-state index in [4.69, 9.17) is 14.2 Å². The Bertz CT molecular complexity index is 942. The van der Waals surface area contributed by atoms with Crippen LogP contribution >= 0.6 is 0 Å². The predicted molar refractivity (Wildman–Crippen MR) is 105 cm³/mol. The molecule has 0 aliphatic carbocycles. The van der Waals surface area contributed by atoms with Gasteiger partial charge in [-0.15, -0.1) is 0 Å². The van der Waals surface area contributed by atoms with E-state index in [-0.39, 0.29) is 12.5 Å². The fourth-order valence-electron chi connectivity index (χ4n) is 2.96. The van der Waals surface area contributed by atoms with E-state index in [0.717, 1.165) is 16.9 Å². The maximum absolute atomic E-state index is 12.4. The van der Waals surface area contributed by atoms with Gasteiger partial charge in [0.05, 0.1) is 0 Å². The number of hydrogen-bond acceptors (Lipinski definition) is 4. The van der Waals surface area contributed by atoms with Crippen molar-refractivity contribution in [2.75, 3.05) is 6.61 Å². The quantitative estimate of drug-likeness (QED) is 0.713. The molecule has 0 spiro atoms. The van der Waals surface area contributed by atoms with Crippen molar-refractivity contribution < 1.29 is 19.0 Å². The normalized spacial score (nSPS) is 14.9. The summed E-state index contributed by atoms with van der Waals surface area (Å²) in [6, 6.07) is 25.0. The molecule has 1 aliphatic heterocycles. The van der Waals surface area contributed by atoms with Crippen LogP contribution in [0.5, 0.6) is 17.2 Å². The minimum atomic E-state index is -0.653. The summed E-state index contributed by atoms with van der Waals surface area (Å²) in [5.74, 6) is 1.89. The first-order valence-electron chi connectivity index (χ1n) is 9.20. The number of hydrogen-bond donors (Lipinski definition) is 1. The van der Waals surface area contributed by atoms with Crippen LogP contribution in [0.15, 0.2) is 78.9 Å². The number of ether oxygens (including phenoxy) is 3. The van der Waals surface area contributed by atoms with E-state index >= 15 is 0 Å². The van der Waals surface area contributed by atoms with Crippen LogP contribution in [0.2, 0.25) is 0 Å². The molecule has 142 valence electrons. The first-order chi connectivity index (χ1) is 13.8. The second-order valence-electron chi connectivity index (χ2n) is 6.50. The van der Waals surface area contributed by atoms with Crippen molar-refractivity contribution >= 4 is 5.91 Å². The van der Waals surface area contributed by atoms with Crippen molar-refractivity contribution in [2.45, 2.75) is 19.3 Å². The Balaban J connectivity index is 1.30. The zero-order valence-electron chi connectivity index (χ0n) is 15.3. The van der Waals surface area contributed by atoms with Crippen LogP contribution in [0.3, 0.4) is 0 Å². The first kappa shape index (κ1) is 17.9. The first-order valence-corrected chi connectivity index (χ1v) is 9.20. The van der Waals surface area contributed by atoms with Gasteiger partial charge in [-0.3, -0.25) is 4.79 Å². The Labute approximate surface area is 163 Å². The lowest BCUT2D eigenvalue weighted by Gasteiger charge is -2.25. The highest BCUT2D eigenvalue weighted by atomic mass is 16.6. The largest absolute Gasteiger partial charge is 0.489 e. The average Bonchev–Trinajstić information content (AvgIpc) is 2.77. The lowest BCUT2D eigenvalue weighted by molar-refractivity contribution is -0.130. The molecule has 5 heteroatoms. The topological polar surface area (TPSA) is 56.8 Å². The third-order valence-corrected chi connectivity index (χ3v) is 4.41. The molecule has 0 bridgehead atoms. The van der Waals surface area contributed by atoms with Crippen molar-refractivity contribution in [1.29, 1.82) is 0 Å². The fourth-order valence-corrected chi connectivity index (χ4v) is 2.96. The number of amides is 1. The van der Waals surface area contributed by atoms with Crippen LogP contribution in [0.25, 0.3) is 0 Å². The van der Waals surface area contributed by atoms with Crippen molar-refractivity contribution in [1.82, 2.24) is 5.32 Å². The van der Waals surface area contributed by atoms with Gasteiger partial charge in [0.25, 0.3) is 5.91 Å². The lowest BCUT2D eigenvalue weighted by Crippen LogP contribution is -2.43. The molecular formula is C23H21NO4. The summed E-state index contributed by atoms with van der Waals surface area (Å²) < 4.78 is 17.1. The number of fused-ring (bicyclic) bond motifs is 1. The minimum Gasteiger partial charge on any atom is -0.489 e. The van der Waals surface area contributed by atoms with Gasteiger partial charge < -0.3 is 19.5 Å². The molecule has 1 atom stereocenters. The molecule has 0 saturated heterocycles. The Morgan fingerprint density at radius 3 is 2.54 bits per heavy atom. The monoisotopic (exact) mass is 375 g/mol. The molecule has 3 aromatic carbocycles. The Morgan fingerprint density at radius 1 is 0.929 bits per heavy atom. The van der Waals surface area contributed by atoms with Crippen molar-refractivity contribution in [2.24, 2.45) is 0 Å². The molecule has 1 unspecified atom stereocenters. The number of carbonyl (C=O) groups is 1. The van der Waals surface area contributed by atoms with Gasteiger partial charge in [-0.05, 0) is 35.4 Å².